The lowest BCUT2D eigenvalue weighted by molar-refractivity contribution is -0.123. The number of nitrogens with one attached hydrogen (secondary N) is 3. The highest BCUT2D eigenvalue weighted by molar-refractivity contribution is 6.04. The molecule has 0 unspecified atom stereocenters. The van der Waals surface area contributed by atoms with Crippen LogP contribution in [-0.2, 0) is 9.59 Å². The van der Waals surface area contributed by atoms with Gasteiger partial charge in [-0.2, -0.15) is 4.98 Å². The molecule has 4 rings (SSSR count). The normalized spacial score (nSPS) is 21.0. The van der Waals surface area contributed by atoms with Crippen LogP contribution >= 0.6 is 0 Å². The molecule has 0 radical (unpaired) electrons. The number of H-pyrrole nitrogens is 1. The van der Waals surface area contributed by atoms with Crippen molar-refractivity contribution in [1.29, 1.82) is 0 Å². The van der Waals surface area contributed by atoms with Crippen LogP contribution in [0.5, 0.6) is 0 Å². The Morgan fingerprint density at radius 2 is 2.07 bits per heavy atom. The van der Waals surface area contributed by atoms with Crippen molar-refractivity contribution in [3.05, 3.63) is 45.2 Å². The molecule has 1 aromatic carbocycles. The van der Waals surface area contributed by atoms with E-state index in [0.29, 0.717) is 17.6 Å². The second-order valence-electron chi connectivity index (χ2n) is 8.46. The van der Waals surface area contributed by atoms with Crippen molar-refractivity contribution in [2.24, 2.45) is 5.92 Å². The van der Waals surface area contributed by atoms with Crippen molar-refractivity contribution < 1.29 is 9.59 Å². The van der Waals surface area contributed by atoms with Gasteiger partial charge in [0.2, 0.25) is 17.8 Å². The maximum atomic E-state index is 13.0. The van der Waals surface area contributed by atoms with Gasteiger partial charge < -0.3 is 15.5 Å². The number of benzene rings is 1. The Labute approximate surface area is 175 Å². The minimum Gasteiger partial charge on any atom is -0.342 e. The minimum atomic E-state index is -0.890. The number of aromatic amines is 1. The molecule has 3 N–H and O–H groups in total. The van der Waals surface area contributed by atoms with Crippen LogP contribution in [0, 0.1) is 19.8 Å². The zero-order chi connectivity index (χ0) is 21.4. The van der Waals surface area contributed by atoms with E-state index >= 15 is 0 Å². The third-order valence-electron chi connectivity index (χ3n) is 5.86. The van der Waals surface area contributed by atoms with E-state index in [1.807, 2.05) is 36.9 Å². The fourth-order valence-electron chi connectivity index (χ4n) is 4.21. The number of piperidine rings is 1. The summed E-state index contributed by atoms with van der Waals surface area (Å²) in [6.07, 6.45) is 2.08. The lowest BCUT2D eigenvalue weighted by Gasteiger charge is -2.32. The quantitative estimate of drug-likeness (QED) is 0.723. The molecule has 0 aliphatic carbocycles. The Balaban J connectivity index is 1.66. The fourth-order valence-corrected chi connectivity index (χ4v) is 4.21. The average molecular weight is 409 g/mol. The zero-order valence-corrected chi connectivity index (χ0v) is 17.5. The number of fused-ring (bicyclic) bond motifs is 1. The number of amides is 2. The third kappa shape index (κ3) is 3.94. The third-order valence-corrected chi connectivity index (χ3v) is 5.86. The first kappa shape index (κ1) is 20.1. The molecule has 30 heavy (non-hydrogen) atoms. The molecule has 2 atom stereocenters. The molecule has 8 nitrogen and oxygen atoms in total. The fraction of sp³-hybridized carbons (Fsp3) is 0.455. The molecule has 2 aromatic rings. The summed E-state index contributed by atoms with van der Waals surface area (Å²) in [7, 11) is 0. The summed E-state index contributed by atoms with van der Waals surface area (Å²) in [5.74, 6) is -0.457. The maximum absolute atomic E-state index is 13.0. The topological polar surface area (TPSA) is 107 Å². The summed E-state index contributed by atoms with van der Waals surface area (Å²) in [5, 5.41) is 5.57. The van der Waals surface area contributed by atoms with Gasteiger partial charge in [-0.3, -0.25) is 19.4 Å². The molecule has 2 amide bonds. The van der Waals surface area contributed by atoms with Crippen molar-refractivity contribution >= 4 is 29.3 Å². The Morgan fingerprint density at radius 1 is 1.27 bits per heavy atom. The highest BCUT2D eigenvalue weighted by Gasteiger charge is 2.35. The van der Waals surface area contributed by atoms with Crippen molar-refractivity contribution in [1.82, 2.24) is 9.97 Å². The van der Waals surface area contributed by atoms with Gasteiger partial charge in [0, 0.05) is 25.2 Å². The van der Waals surface area contributed by atoms with Gasteiger partial charge in [-0.15, -0.1) is 0 Å². The van der Waals surface area contributed by atoms with Crippen molar-refractivity contribution in [3.8, 4) is 0 Å². The maximum Gasteiger partial charge on any atom is 0.258 e. The van der Waals surface area contributed by atoms with Crippen LogP contribution in [0.1, 0.15) is 48.8 Å². The monoisotopic (exact) mass is 409 g/mol. The second-order valence-corrected chi connectivity index (χ2v) is 8.46. The first-order valence-electron chi connectivity index (χ1n) is 10.4. The van der Waals surface area contributed by atoms with Crippen molar-refractivity contribution in [2.75, 3.05) is 28.6 Å². The lowest BCUT2D eigenvalue weighted by Crippen LogP contribution is -2.40. The smallest absolute Gasteiger partial charge is 0.258 e. The largest absolute Gasteiger partial charge is 0.342 e. The number of rotatable bonds is 3. The lowest BCUT2D eigenvalue weighted by atomic mass is 9.92. The van der Waals surface area contributed by atoms with Gasteiger partial charge in [-0.1, -0.05) is 19.1 Å². The molecular weight excluding hydrogens is 382 g/mol. The number of aromatic nitrogens is 2. The summed E-state index contributed by atoms with van der Waals surface area (Å²) >= 11 is 0. The predicted octanol–water partition coefficient (Wildman–Crippen LogP) is 2.69. The molecule has 1 aromatic heterocycles. The first-order valence-corrected chi connectivity index (χ1v) is 10.4. The molecule has 0 bridgehead atoms. The number of carbonyl (C=O) groups is 2. The average Bonchev–Trinajstić information content (AvgIpc) is 2.69. The van der Waals surface area contributed by atoms with Gasteiger partial charge in [0.1, 0.15) is 5.82 Å². The van der Waals surface area contributed by atoms with Gasteiger partial charge in [0.15, 0.2) is 0 Å². The predicted molar refractivity (Wildman–Crippen MR) is 116 cm³/mol. The van der Waals surface area contributed by atoms with E-state index in [2.05, 4.69) is 27.5 Å². The summed E-state index contributed by atoms with van der Waals surface area (Å²) in [4.78, 5) is 47.7. The molecule has 8 heteroatoms. The van der Waals surface area contributed by atoms with Crippen molar-refractivity contribution in [2.45, 2.75) is 46.0 Å². The van der Waals surface area contributed by atoms with Crippen LogP contribution in [0.2, 0.25) is 0 Å². The standard InChI is InChI=1S/C22H27N5O3/c1-12-6-7-14(3)16(9-12)23-20(29)15-10-17(28)24-19-18(15)21(30)26-22(25-19)27-8-4-5-13(2)11-27/h6-7,9,13,15H,4-5,8,10-11H2,1-3H3,(H,23,29)(H2,24,25,26,28,30)/t13-,15+/m1/s1. The van der Waals surface area contributed by atoms with Crippen LogP contribution in [0.3, 0.4) is 0 Å². The van der Waals surface area contributed by atoms with Crippen LogP contribution in [0.25, 0.3) is 0 Å². The number of hydrogen-bond acceptors (Lipinski definition) is 5. The number of hydrogen-bond donors (Lipinski definition) is 3. The summed E-state index contributed by atoms with van der Waals surface area (Å²) < 4.78 is 0. The van der Waals surface area contributed by atoms with Gasteiger partial charge >= 0.3 is 0 Å². The molecule has 3 heterocycles. The highest BCUT2D eigenvalue weighted by Crippen LogP contribution is 2.31. The van der Waals surface area contributed by atoms with Crippen LogP contribution < -0.4 is 21.1 Å². The van der Waals surface area contributed by atoms with Gasteiger partial charge in [0.05, 0.1) is 11.5 Å². The van der Waals surface area contributed by atoms with E-state index in [-0.39, 0.29) is 35.2 Å². The molecule has 0 saturated carbocycles. The molecule has 0 spiro atoms. The van der Waals surface area contributed by atoms with E-state index in [1.165, 1.54) is 0 Å². The van der Waals surface area contributed by atoms with Crippen molar-refractivity contribution in [3.63, 3.8) is 0 Å². The van der Waals surface area contributed by atoms with Crippen LogP contribution in [-0.4, -0.2) is 34.9 Å². The molecule has 158 valence electrons. The van der Waals surface area contributed by atoms with Gasteiger partial charge in [0.25, 0.3) is 5.56 Å². The number of carbonyl (C=O) groups excluding carboxylic acids is 2. The van der Waals surface area contributed by atoms with Gasteiger partial charge in [-0.25, -0.2) is 0 Å². The minimum absolute atomic E-state index is 0.0887. The summed E-state index contributed by atoms with van der Waals surface area (Å²) in [6, 6.07) is 5.76. The first-order chi connectivity index (χ1) is 14.3. The van der Waals surface area contributed by atoms with E-state index < -0.39 is 5.92 Å². The Hall–Kier alpha value is -3.16. The highest BCUT2D eigenvalue weighted by atomic mass is 16.2. The molecule has 1 saturated heterocycles. The van der Waals surface area contributed by atoms with Crippen LogP contribution in [0.15, 0.2) is 23.0 Å². The Morgan fingerprint density at radius 3 is 2.83 bits per heavy atom. The molecule has 1 fully saturated rings. The molecule has 2 aliphatic heterocycles. The van der Waals surface area contributed by atoms with Crippen LogP contribution in [0.4, 0.5) is 17.5 Å². The SMILES string of the molecule is Cc1ccc(C)c(NC(=O)[C@H]2CC(=O)Nc3nc(N4CCC[C@@H](C)C4)[nH]c(=O)c32)c1. The molecular formula is C22H27N5O3. The zero-order valence-electron chi connectivity index (χ0n) is 17.5. The van der Waals surface area contributed by atoms with E-state index in [0.717, 1.165) is 37.1 Å². The number of anilines is 3. The number of nitrogens with zero attached hydrogens (tertiary/aromatic N) is 2. The summed E-state index contributed by atoms with van der Waals surface area (Å²) in [5.41, 5.74) is 2.44. The summed E-state index contributed by atoms with van der Waals surface area (Å²) in [6.45, 7) is 7.60. The number of aryl methyl sites for hydroxylation is 2. The van der Waals surface area contributed by atoms with E-state index in [9.17, 15) is 14.4 Å². The second kappa shape index (κ2) is 7.93. The van der Waals surface area contributed by atoms with E-state index in [4.69, 9.17) is 0 Å². The Bertz CT molecular complexity index is 1060. The van der Waals surface area contributed by atoms with E-state index in [1.54, 1.807) is 0 Å². The Kier molecular flexibility index (Phi) is 5.32. The molecule has 2 aliphatic rings. The van der Waals surface area contributed by atoms with Gasteiger partial charge in [-0.05, 0) is 49.8 Å².